The molecule has 2 N–H and O–H groups in total. The normalized spacial score (nSPS) is 11.6. The van der Waals surface area contributed by atoms with Gasteiger partial charge < -0.3 is 20.1 Å². The average molecular weight is 413 g/mol. The molecule has 0 aliphatic rings. The lowest BCUT2D eigenvalue weighted by Crippen LogP contribution is -2.32. The molecule has 0 aliphatic heterocycles. The lowest BCUT2D eigenvalue weighted by atomic mass is 10.1. The molecule has 1 unspecified atom stereocenters. The number of rotatable bonds is 11. The molecule has 0 heterocycles. The Hall–Kier alpha value is -3.02. The number of ether oxygens (including phenoxy) is 2. The van der Waals surface area contributed by atoms with Crippen molar-refractivity contribution >= 4 is 11.8 Å². The number of hydrogen-bond acceptors (Lipinski definition) is 4. The molecule has 2 amide bonds. The van der Waals surface area contributed by atoms with Gasteiger partial charge in [-0.15, -0.1) is 0 Å². The Bertz CT molecular complexity index is 821. The summed E-state index contributed by atoms with van der Waals surface area (Å²) in [6.07, 6.45) is 0.529. The zero-order valence-electron chi connectivity index (χ0n) is 18.2. The second kappa shape index (κ2) is 11.9. The van der Waals surface area contributed by atoms with E-state index in [1.807, 2.05) is 55.5 Å². The van der Waals surface area contributed by atoms with Gasteiger partial charge in [-0.05, 0) is 36.1 Å². The Morgan fingerprint density at radius 2 is 1.70 bits per heavy atom. The maximum Gasteiger partial charge on any atom is 0.224 e. The second-order valence-electron chi connectivity index (χ2n) is 7.67. The number of hydrogen-bond donors (Lipinski definition) is 2. The summed E-state index contributed by atoms with van der Waals surface area (Å²) in [4.78, 5) is 24.2. The van der Waals surface area contributed by atoms with Crippen molar-refractivity contribution in [2.24, 2.45) is 5.92 Å². The van der Waals surface area contributed by atoms with Crippen molar-refractivity contribution in [1.82, 2.24) is 10.6 Å². The molecule has 6 nitrogen and oxygen atoms in total. The first kappa shape index (κ1) is 23.3. The number of carbonyl (C=O) groups excluding carboxylic acids is 2. The van der Waals surface area contributed by atoms with Crippen molar-refractivity contribution in [1.29, 1.82) is 0 Å². The Balaban J connectivity index is 1.79. The van der Waals surface area contributed by atoms with E-state index < -0.39 is 0 Å². The number of benzene rings is 2. The minimum atomic E-state index is -0.189. The molecule has 0 fully saturated rings. The molecule has 0 spiro atoms. The van der Waals surface area contributed by atoms with Gasteiger partial charge in [-0.2, -0.15) is 0 Å². The SMILES string of the molecule is COc1cc(C(C)NC(=O)CCNC(=O)Cc2ccccc2)ccc1OCC(C)C. The van der Waals surface area contributed by atoms with E-state index in [0.717, 1.165) is 11.1 Å². The van der Waals surface area contributed by atoms with Gasteiger partial charge in [-0.3, -0.25) is 9.59 Å². The van der Waals surface area contributed by atoms with E-state index >= 15 is 0 Å². The molecule has 0 radical (unpaired) electrons. The summed E-state index contributed by atoms with van der Waals surface area (Å²) in [6, 6.07) is 15.0. The molecule has 1 atom stereocenters. The zero-order valence-corrected chi connectivity index (χ0v) is 18.2. The van der Waals surface area contributed by atoms with Crippen molar-refractivity contribution in [3.8, 4) is 11.5 Å². The molecule has 0 aliphatic carbocycles. The monoisotopic (exact) mass is 412 g/mol. The van der Waals surface area contributed by atoms with E-state index in [0.29, 0.717) is 37.0 Å². The minimum absolute atomic E-state index is 0.0937. The van der Waals surface area contributed by atoms with Gasteiger partial charge in [0.25, 0.3) is 0 Å². The molecule has 0 bridgehead atoms. The third-order valence-corrected chi connectivity index (χ3v) is 4.52. The standard InChI is InChI=1S/C24H32N2O4/c1-17(2)16-30-21-11-10-20(15-22(21)29-4)18(3)26-23(27)12-13-25-24(28)14-19-8-6-5-7-9-19/h5-11,15,17-18H,12-14,16H2,1-4H3,(H,25,28)(H,26,27). The summed E-state index contributed by atoms with van der Waals surface area (Å²) in [5, 5.41) is 5.74. The summed E-state index contributed by atoms with van der Waals surface area (Å²) in [7, 11) is 1.60. The number of amides is 2. The lowest BCUT2D eigenvalue weighted by Gasteiger charge is -2.18. The summed E-state index contributed by atoms with van der Waals surface area (Å²) in [5.74, 6) is 1.53. The predicted molar refractivity (Wildman–Crippen MR) is 118 cm³/mol. The zero-order chi connectivity index (χ0) is 21.9. The predicted octanol–water partition coefficient (Wildman–Crippen LogP) is 3.66. The highest BCUT2D eigenvalue weighted by molar-refractivity contribution is 5.80. The summed E-state index contributed by atoms with van der Waals surface area (Å²) in [6.45, 7) is 6.99. The molecule has 0 aromatic heterocycles. The maximum atomic E-state index is 12.2. The van der Waals surface area contributed by atoms with Crippen LogP contribution in [0.25, 0.3) is 0 Å². The third kappa shape index (κ3) is 7.78. The number of methoxy groups -OCH3 is 1. The quantitative estimate of drug-likeness (QED) is 0.591. The van der Waals surface area contributed by atoms with Crippen LogP contribution in [0.3, 0.4) is 0 Å². The van der Waals surface area contributed by atoms with Crippen molar-refractivity contribution in [2.45, 2.75) is 39.7 Å². The van der Waals surface area contributed by atoms with Crippen molar-refractivity contribution in [2.75, 3.05) is 20.3 Å². The fraction of sp³-hybridized carbons (Fsp3) is 0.417. The van der Waals surface area contributed by atoms with Gasteiger partial charge >= 0.3 is 0 Å². The van der Waals surface area contributed by atoms with Crippen LogP contribution in [-0.4, -0.2) is 32.1 Å². The lowest BCUT2D eigenvalue weighted by molar-refractivity contribution is -0.122. The second-order valence-corrected chi connectivity index (χ2v) is 7.67. The molecule has 30 heavy (non-hydrogen) atoms. The molecule has 162 valence electrons. The van der Waals surface area contributed by atoms with Crippen LogP contribution >= 0.6 is 0 Å². The van der Waals surface area contributed by atoms with Gasteiger partial charge in [-0.25, -0.2) is 0 Å². The average Bonchev–Trinajstić information content (AvgIpc) is 2.72. The first-order chi connectivity index (χ1) is 14.4. The van der Waals surface area contributed by atoms with Crippen LogP contribution in [0.2, 0.25) is 0 Å². The van der Waals surface area contributed by atoms with Crippen LogP contribution in [0.15, 0.2) is 48.5 Å². The Labute approximate surface area is 179 Å². The summed E-state index contributed by atoms with van der Waals surface area (Å²) >= 11 is 0. The van der Waals surface area contributed by atoms with E-state index in [4.69, 9.17) is 9.47 Å². The topological polar surface area (TPSA) is 76.7 Å². The van der Waals surface area contributed by atoms with Gasteiger partial charge in [0.05, 0.1) is 26.2 Å². The number of carbonyl (C=O) groups is 2. The van der Waals surface area contributed by atoms with Crippen LogP contribution in [0.1, 0.15) is 44.4 Å². The van der Waals surface area contributed by atoms with Gasteiger partial charge in [0.1, 0.15) is 0 Å². The van der Waals surface area contributed by atoms with Crippen LogP contribution in [-0.2, 0) is 16.0 Å². The van der Waals surface area contributed by atoms with Gasteiger partial charge in [0.2, 0.25) is 11.8 Å². The van der Waals surface area contributed by atoms with E-state index in [9.17, 15) is 9.59 Å². The van der Waals surface area contributed by atoms with Crippen LogP contribution in [0.4, 0.5) is 0 Å². The third-order valence-electron chi connectivity index (χ3n) is 4.52. The summed E-state index contributed by atoms with van der Waals surface area (Å²) < 4.78 is 11.2. The molecule has 0 saturated carbocycles. The van der Waals surface area contributed by atoms with Crippen LogP contribution in [0.5, 0.6) is 11.5 Å². The minimum Gasteiger partial charge on any atom is -0.493 e. The van der Waals surface area contributed by atoms with E-state index in [2.05, 4.69) is 24.5 Å². The molecular weight excluding hydrogens is 380 g/mol. The Kier molecular flexibility index (Phi) is 9.19. The number of nitrogens with one attached hydrogen (secondary N) is 2. The first-order valence-corrected chi connectivity index (χ1v) is 10.3. The largest absolute Gasteiger partial charge is 0.493 e. The van der Waals surface area contributed by atoms with Crippen molar-refractivity contribution in [3.05, 3.63) is 59.7 Å². The molecule has 6 heteroatoms. The molecule has 2 rings (SSSR count). The van der Waals surface area contributed by atoms with E-state index in [-0.39, 0.29) is 24.3 Å². The van der Waals surface area contributed by atoms with Crippen molar-refractivity contribution in [3.63, 3.8) is 0 Å². The van der Waals surface area contributed by atoms with E-state index in [1.54, 1.807) is 7.11 Å². The van der Waals surface area contributed by atoms with Gasteiger partial charge in [0, 0.05) is 13.0 Å². The fourth-order valence-electron chi connectivity index (χ4n) is 2.89. The van der Waals surface area contributed by atoms with Gasteiger partial charge in [0.15, 0.2) is 11.5 Å². The highest BCUT2D eigenvalue weighted by Crippen LogP contribution is 2.30. The van der Waals surface area contributed by atoms with Crippen molar-refractivity contribution < 1.29 is 19.1 Å². The fourth-order valence-corrected chi connectivity index (χ4v) is 2.89. The molecule has 2 aromatic rings. The first-order valence-electron chi connectivity index (χ1n) is 10.3. The Morgan fingerprint density at radius 3 is 2.37 bits per heavy atom. The Morgan fingerprint density at radius 1 is 0.967 bits per heavy atom. The molecule has 0 saturated heterocycles. The highest BCUT2D eigenvalue weighted by atomic mass is 16.5. The maximum absolute atomic E-state index is 12.2. The van der Waals surface area contributed by atoms with Gasteiger partial charge in [-0.1, -0.05) is 50.2 Å². The van der Waals surface area contributed by atoms with Crippen LogP contribution < -0.4 is 20.1 Å². The molecular formula is C24H32N2O4. The summed E-state index contributed by atoms with van der Waals surface area (Å²) in [5.41, 5.74) is 1.87. The highest BCUT2D eigenvalue weighted by Gasteiger charge is 2.14. The van der Waals surface area contributed by atoms with E-state index in [1.165, 1.54) is 0 Å². The molecule has 2 aromatic carbocycles. The smallest absolute Gasteiger partial charge is 0.224 e. The van der Waals surface area contributed by atoms with Crippen LogP contribution in [0, 0.1) is 5.92 Å².